The molecule has 94 valence electrons. The highest BCUT2D eigenvalue weighted by molar-refractivity contribution is 5.24. The van der Waals surface area contributed by atoms with Gasteiger partial charge in [-0.05, 0) is 17.7 Å². The monoisotopic (exact) mass is 250 g/mol. The Morgan fingerprint density at radius 1 is 1.00 bits per heavy atom. The molecule has 0 saturated carbocycles. The first-order chi connectivity index (χ1) is 8.66. The predicted molar refractivity (Wildman–Crippen MR) is 63.3 cm³/mol. The van der Waals surface area contributed by atoms with Gasteiger partial charge in [-0.1, -0.05) is 30.3 Å². The third-order valence-corrected chi connectivity index (χ3v) is 2.48. The fourth-order valence-corrected chi connectivity index (χ4v) is 1.51. The third kappa shape index (κ3) is 3.05. The third-order valence-electron chi connectivity index (χ3n) is 2.48. The molecule has 2 aromatic carbocycles. The van der Waals surface area contributed by atoms with Gasteiger partial charge in [0.05, 0.1) is 0 Å². The minimum atomic E-state index is -0.971. The Labute approximate surface area is 103 Å². The van der Waals surface area contributed by atoms with Gasteiger partial charge in [0.25, 0.3) is 0 Å². The summed E-state index contributed by atoms with van der Waals surface area (Å²) < 4.78 is 30.8. The summed E-state index contributed by atoms with van der Waals surface area (Å²) >= 11 is 0. The van der Waals surface area contributed by atoms with Crippen LogP contribution >= 0.6 is 0 Å². The molecule has 4 heteroatoms. The Balaban J connectivity index is 1.97. The van der Waals surface area contributed by atoms with E-state index in [-0.39, 0.29) is 12.4 Å². The maximum atomic E-state index is 12.9. The standard InChI is InChI=1S/C14H12F2O2/c15-12-7-6-11(8-13(12)16)18-9-14(17)10-4-2-1-3-5-10/h1-8,14,17H,9H2. The molecule has 2 aromatic rings. The van der Waals surface area contributed by atoms with Crippen molar-refractivity contribution in [2.24, 2.45) is 0 Å². The molecule has 0 aliphatic carbocycles. The Kier molecular flexibility index (Phi) is 3.89. The molecule has 1 unspecified atom stereocenters. The fraction of sp³-hybridized carbons (Fsp3) is 0.143. The summed E-state index contributed by atoms with van der Waals surface area (Å²) in [5.41, 5.74) is 0.708. The van der Waals surface area contributed by atoms with Gasteiger partial charge in [0.2, 0.25) is 0 Å². The summed E-state index contributed by atoms with van der Waals surface area (Å²) in [6, 6.07) is 12.2. The molecule has 0 saturated heterocycles. The lowest BCUT2D eigenvalue weighted by molar-refractivity contribution is 0.108. The zero-order valence-electron chi connectivity index (χ0n) is 9.51. The molecule has 1 N–H and O–H groups in total. The first kappa shape index (κ1) is 12.5. The van der Waals surface area contributed by atoms with Crippen LogP contribution in [0.15, 0.2) is 48.5 Å². The van der Waals surface area contributed by atoms with Crippen molar-refractivity contribution < 1.29 is 18.6 Å². The minimum Gasteiger partial charge on any atom is -0.490 e. The minimum absolute atomic E-state index is 0.0188. The molecule has 0 bridgehead atoms. The zero-order valence-corrected chi connectivity index (χ0v) is 9.51. The molecule has 0 aromatic heterocycles. The summed E-state index contributed by atoms with van der Waals surface area (Å²) in [5.74, 6) is -1.71. The van der Waals surface area contributed by atoms with Crippen LogP contribution in [0.25, 0.3) is 0 Å². The largest absolute Gasteiger partial charge is 0.490 e. The van der Waals surface area contributed by atoms with Crippen LogP contribution in [0.1, 0.15) is 11.7 Å². The van der Waals surface area contributed by atoms with Crippen molar-refractivity contribution in [3.63, 3.8) is 0 Å². The molecule has 0 spiro atoms. The highest BCUT2D eigenvalue weighted by Crippen LogP contribution is 2.18. The summed E-state index contributed by atoms with van der Waals surface area (Å²) in [7, 11) is 0. The van der Waals surface area contributed by atoms with Crippen LogP contribution in [-0.4, -0.2) is 11.7 Å². The topological polar surface area (TPSA) is 29.5 Å². The van der Waals surface area contributed by atoms with Gasteiger partial charge in [-0.15, -0.1) is 0 Å². The van der Waals surface area contributed by atoms with Gasteiger partial charge in [0.1, 0.15) is 18.5 Å². The van der Waals surface area contributed by atoms with E-state index in [4.69, 9.17) is 4.74 Å². The molecule has 0 aliphatic rings. The lowest BCUT2D eigenvalue weighted by Crippen LogP contribution is -2.09. The Hall–Kier alpha value is -1.94. The number of halogens is 2. The van der Waals surface area contributed by atoms with Crippen LogP contribution in [0, 0.1) is 11.6 Å². The van der Waals surface area contributed by atoms with Gasteiger partial charge in [0, 0.05) is 6.07 Å². The number of rotatable bonds is 4. The summed E-state index contributed by atoms with van der Waals surface area (Å²) in [6.07, 6.45) is -0.806. The first-order valence-electron chi connectivity index (χ1n) is 5.47. The van der Waals surface area contributed by atoms with Crippen LogP contribution in [0.5, 0.6) is 5.75 Å². The van der Waals surface area contributed by atoms with Crippen LogP contribution < -0.4 is 4.74 Å². The number of ether oxygens (including phenoxy) is 1. The average Bonchev–Trinajstić information content (AvgIpc) is 2.41. The summed E-state index contributed by atoms with van der Waals surface area (Å²) in [5, 5.41) is 9.81. The molecular weight excluding hydrogens is 238 g/mol. The van der Waals surface area contributed by atoms with E-state index >= 15 is 0 Å². The van der Waals surface area contributed by atoms with Gasteiger partial charge in [-0.3, -0.25) is 0 Å². The molecule has 18 heavy (non-hydrogen) atoms. The quantitative estimate of drug-likeness (QED) is 0.903. The van der Waals surface area contributed by atoms with Crippen molar-refractivity contribution in [1.29, 1.82) is 0 Å². The van der Waals surface area contributed by atoms with Crippen molar-refractivity contribution in [1.82, 2.24) is 0 Å². The van der Waals surface area contributed by atoms with Gasteiger partial charge < -0.3 is 9.84 Å². The van der Waals surface area contributed by atoms with E-state index in [2.05, 4.69) is 0 Å². The van der Waals surface area contributed by atoms with Crippen LogP contribution in [0.2, 0.25) is 0 Å². The molecule has 0 fully saturated rings. The van der Waals surface area contributed by atoms with E-state index in [1.54, 1.807) is 24.3 Å². The normalized spacial score (nSPS) is 12.2. The van der Waals surface area contributed by atoms with Gasteiger partial charge in [-0.2, -0.15) is 0 Å². The summed E-state index contributed by atoms with van der Waals surface area (Å²) in [6.45, 7) is -0.0188. The molecule has 0 radical (unpaired) electrons. The fourth-order valence-electron chi connectivity index (χ4n) is 1.51. The van der Waals surface area contributed by atoms with E-state index in [1.165, 1.54) is 6.07 Å². The van der Waals surface area contributed by atoms with Gasteiger partial charge in [-0.25, -0.2) is 8.78 Å². The van der Waals surface area contributed by atoms with E-state index in [0.29, 0.717) is 5.56 Å². The number of hydrogen-bond donors (Lipinski definition) is 1. The van der Waals surface area contributed by atoms with Crippen LogP contribution in [0.4, 0.5) is 8.78 Å². The number of benzene rings is 2. The maximum absolute atomic E-state index is 12.9. The molecule has 1 atom stereocenters. The van der Waals surface area contributed by atoms with Crippen molar-refractivity contribution in [2.75, 3.05) is 6.61 Å². The lowest BCUT2D eigenvalue weighted by atomic mass is 10.1. The molecule has 0 heterocycles. The summed E-state index contributed by atoms with van der Waals surface area (Å²) in [4.78, 5) is 0. The molecule has 2 rings (SSSR count). The van der Waals surface area contributed by atoms with E-state index < -0.39 is 17.7 Å². The Bertz CT molecular complexity index is 514. The Morgan fingerprint density at radius 2 is 1.72 bits per heavy atom. The molecular formula is C14H12F2O2. The van der Waals surface area contributed by atoms with E-state index in [0.717, 1.165) is 12.1 Å². The first-order valence-corrected chi connectivity index (χ1v) is 5.47. The van der Waals surface area contributed by atoms with Gasteiger partial charge >= 0.3 is 0 Å². The smallest absolute Gasteiger partial charge is 0.162 e. The highest BCUT2D eigenvalue weighted by atomic mass is 19.2. The van der Waals surface area contributed by atoms with E-state index in [1.807, 2.05) is 6.07 Å². The zero-order chi connectivity index (χ0) is 13.0. The van der Waals surface area contributed by atoms with E-state index in [9.17, 15) is 13.9 Å². The number of aliphatic hydroxyl groups excluding tert-OH is 1. The number of hydrogen-bond acceptors (Lipinski definition) is 2. The predicted octanol–water partition coefficient (Wildman–Crippen LogP) is 3.08. The van der Waals surface area contributed by atoms with Gasteiger partial charge in [0.15, 0.2) is 11.6 Å². The molecule has 0 aliphatic heterocycles. The lowest BCUT2D eigenvalue weighted by Gasteiger charge is -2.12. The number of aliphatic hydroxyl groups is 1. The maximum Gasteiger partial charge on any atom is 0.162 e. The second kappa shape index (κ2) is 5.60. The SMILES string of the molecule is OC(COc1ccc(F)c(F)c1)c1ccccc1. The van der Waals surface area contributed by atoms with Crippen molar-refractivity contribution in [3.8, 4) is 5.75 Å². The Morgan fingerprint density at radius 3 is 2.39 bits per heavy atom. The van der Waals surface area contributed by atoms with Crippen molar-refractivity contribution in [3.05, 3.63) is 65.7 Å². The highest BCUT2D eigenvalue weighted by Gasteiger charge is 2.09. The average molecular weight is 250 g/mol. The van der Waals surface area contributed by atoms with Crippen molar-refractivity contribution >= 4 is 0 Å². The molecule has 0 amide bonds. The second-order valence-electron chi connectivity index (χ2n) is 3.81. The molecule has 2 nitrogen and oxygen atoms in total. The van der Waals surface area contributed by atoms with Crippen LogP contribution in [-0.2, 0) is 0 Å². The second-order valence-corrected chi connectivity index (χ2v) is 3.81. The van der Waals surface area contributed by atoms with Crippen LogP contribution in [0.3, 0.4) is 0 Å². The van der Waals surface area contributed by atoms with Crippen molar-refractivity contribution in [2.45, 2.75) is 6.10 Å².